The first kappa shape index (κ1) is 26.2. The largest absolute Gasteiger partial charge is 0.505 e. The minimum Gasteiger partial charge on any atom is -0.505 e. The molecule has 0 bridgehead atoms. The second-order valence-electron chi connectivity index (χ2n) is 7.69. The molecule has 4 aromatic rings. The van der Waals surface area contributed by atoms with Crippen LogP contribution in [0.15, 0.2) is 73.4 Å². The first-order valence-corrected chi connectivity index (χ1v) is 14.1. The van der Waals surface area contributed by atoms with Crippen molar-refractivity contribution >= 4 is 74.6 Å². The van der Waals surface area contributed by atoms with Crippen LogP contribution in [0.2, 0.25) is 0 Å². The van der Waals surface area contributed by atoms with Gasteiger partial charge in [-0.25, -0.2) is 0 Å². The minimum absolute atomic E-state index is 0.0586. The zero-order valence-corrected chi connectivity index (χ0v) is 20.6. The number of hydrogen-bond donors (Lipinski definition) is 6. The molecule has 0 saturated carbocycles. The van der Waals surface area contributed by atoms with E-state index in [1.54, 1.807) is 0 Å². The molecule has 0 aliphatic heterocycles. The number of phenolic OH excluding ortho intramolecular Hbond substituents is 1. The summed E-state index contributed by atoms with van der Waals surface area (Å²) in [4.78, 5) is -2.22. The Morgan fingerprint density at radius 1 is 0.622 bits per heavy atom. The van der Waals surface area contributed by atoms with Gasteiger partial charge in [-0.2, -0.15) is 25.3 Å². The maximum absolute atomic E-state index is 12.1. The summed E-state index contributed by atoms with van der Waals surface area (Å²) in [7, 11) is -14.5. The zero-order valence-electron chi connectivity index (χ0n) is 18.1. The van der Waals surface area contributed by atoms with Crippen molar-refractivity contribution in [1.82, 2.24) is 0 Å². The van der Waals surface area contributed by atoms with Gasteiger partial charge in [0.05, 0.1) is 16.3 Å². The number of phenols is 1. The van der Waals surface area contributed by atoms with Gasteiger partial charge >= 0.3 is 0 Å². The molecular weight excluding hydrogens is 552 g/mol. The predicted octanol–water partition coefficient (Wildman–Crippen LogP) is 3.02. The van der Waals surface area contributed by atoms with Crippen molar-refractivity contribution in [3.05, 3.63) is 48.5 Å². The highest BCUT2D eigenvalue weighted by atomic mass is 32.2. The average molecular weight is 569 g/mol. The summed E-state index contributed by atoms with van der Waals surface area (Å²) in [5, 5.41) is 18.4. The number of nitrogen functional groups attached to an aromatic ring is 2. The molecule has 8 N–H and O–H groups in total. The standard InChI is InChI=1S/C20H16N4O10S3/c21-14-3-4-16(13-7-10(35(26,27)28)1-2-11(13)14)23-24-19-18(37(32,33)34)6-9-5-17(36(29,30)31)15(22)8-12(9)20(19)25/h1-8,25H,21-22H2,(H,26,27,28)(H,29,30,31)(H,32,33,34). The van der Waals surface area contributed by atoms with E-state index in [1.165, 1.54) is 18.2 Å². The van der Waals surface area contributed by atoms with Gasteiger partial charge in [0, 0.05) is 21.8 Å². The Balaban J connectivity index is 2.01. The van der Waals surface area contributed by atoms with Crippen molar-refractivity contribution in [2.24, 2.45) is 10.2 Å². The third kappa shape index (κ3) is 4.90. The van der Waals surface area contributed by atoms with Gasteiger partial charge in [-0.1, -0.05) is 6.07 Å². The second kappa shape index (κ2) is 8.61. The third-order valence-electron chi connectivity index (χ3n) is 5.29. The summed E-state index contributed by atoms with van der Waals surface area (Å²) in [6.45, 7) is 0. The molecule has 14 nitrogen and oxygen atoms in total. The summed E-state index contributed by atoms with van der Waals surface area (Å²) in [6.07, 6.45) is 0. The zero-order chi connectivity index (χ0) is 27.5. The van der Waals surface area contributed by atoms with Crippen molar-refractivity contribution < 1.29 is 44.0 Å². The van der Waals surface area contributed by atoms with E-state index in [-0.39, 0.29) is 27.5 Å². The van der Waals surface area contributed by atoms with Gasteiger partial charge < -0.3 is 16.6 Å². The Hall–Kier alpha value is -3.87. The Kier molecular flexibility index (Phi) is 6.10. The van der Waals surface area contributed by atoms with Crippen molar-refractivity contribution in [2.45, 2.75) is 14.7 Å². The minimum atomic E-state index is -5.07. The Labute approximate surface area is 209 Å². The SMILES string of the molecule is Nc1cc2c(O)c(N=Nc3ccc(N)c4ccc(S(=O)(=O)O)cc34)c(S(=O)(=O)O)cc2cc1S(=O)(=O)O. The number of nitrogens with zero attached hydrogens (tertiary/aromatic N) is 2. The van der Waals surface area contributed by atoms with Crippen molar-refractivity contribution in [3.63, 3.8) is 0 Å². The number of benzene rings is 4. The summed E-state index contributed by atoms with van der Waals surface area (Å²) in [5.74, 6) is -0.860. The van der Waals surface area contributed by atoms with E-state index in [2.05, 4.69) is 10.2 Å². The van der Waals surface area contributed by atoms with Gasteiger partial charge in [0.15, 0.2) is 5.75 Å². The lowest BCUT2D eigenvalue weighted by Gasteiger charge is -2.11. The fourth-order valence-electron chi connectivity index (χ4n) is 3.59. The second-order valence-corrected chi connectivity index (χ2v) is 11.9. The van der Waals surface area contributed by atoms with Gasteiger partial charge in [-0.05, 0) is 47.9 Å². The number of aromatic hydroxyl groups is 1. The molecule has 0 amide bonds. The molecule has 0 aromatic heterocycles. The van der Waals surface area contributed by atoms with E-state index in [0.29, 0.717) is 5.39 Å². The molecule has 37 heavy (non-hydrogen) atoms. The molecule has 0 unspecified atom stereocenters. The highest BCUT2D eigenvalue weighted by Crippen LogP contribution is 2.43. The smallest absolute Gasteiger partial charge is 0.296 e. The van der Waals surface area contributed by atoms with Crippen LogP contribution in [0.4, 0.5) is 22.7 Å². The molecule has 0 atom stereocenters. The van der Waals surface area contributed by atoms with Gasteiger partial charge in [-0.3, -0.25) is 13.7 Å². The number of azo groups is 1. The normalized spacial score (nSPS) is 13.1. The monoisotopic (exact) mass is 568 g/mol. The number of nitrogens with two attached hydrogens (primary N) is 2. The lowest BCUT2D eigenvalue weighted by molar-refractivity contribution is 0.472. The first-order valence-electron chi connectivity index (χ1n) is 9.74. The third-order valence-corrected chi connectivity index (χ3v) is 7.92. The van der Waals surface area contributed by atoms with Crippen LogP contribution in [-0.4, -0.2) is 44.0 Å². The van der Waals surface area contributed by atoms with E-state index in [0.717, 1.165) is 30.3 Å². The van der Waals surface area contributed by atoms with Crippen LogP contribution < -0.4 is 11.5 Å². The summed E-state index contributed by atoms with van der Waals surface area (Å²) >= 11 is 0. The van der Waals surface area contributed by atoms with E-state index in [1.807, 2.05) is 0 Å². The summed E-state index contributed by atoms with van der Waals surface area (Å²) in [5.41, 5.74) is 10.5. The maximum atomic E-state index is 12.1. The van der Waals surface area contributed by atoms with Crippen LogP contribution in [0.5, 0.6) is 5.75 Å². The lowest BCUT2D eigenvalue weighted by atomic mass is 10.1. The molecule has 0 heterocycles. The number of anilines is 2. The van der Waals surface area contributed by atoms with Crippen molar-refractivity contribution in [1.29, 1.82) is 0 Å². The predicted molar refractivity (Wildman–Crippen MR) is 132 cm³/mol. The van der Waals surface area contributed by atoms with E-state index < -0.39 is 62.2 Å². The highest BCUT2D eigenvalue weighted by Gasteiger charge is 2.24. The summed E-state index contributed by atoms with van der Waals surface area (Å²) < 4.78 is 98.8. The van der Waals surface area contributed by atoms with Gasteiger partial charge in [0.2, 0.25) is 0 Å². The molecule has 0 radical (unpaired) electrons. The van der Waals surface area contributed by atoms with E-state index in [4.69, 9.17) is 11.5 Å². The number of hydrogen-bond acceptors (Lipinski definition) is 11. The Morgan fingerprint density at radius 3 is 1.84 bits per heavy atom. The van der Waals surface area contributed by atoms with E-state index >= 15 is 0 Å². The van der Waals surface area contributed by atoms with Gasteiger partial charge in [-0.15, -0.1) is 10.2 Å². The molecular formula is C20H16N4O10S3. The van der Waals surface area contributed by atoms with Crippen LogP contribution in [0.1, 0.15) is 0 Å². The molecule has 0 spiro atoms. The molecule has 4 rings (SSSR count). The van der Waals surface area contributed by atoms with Crippen LogP contribution in [0.3, 0.4) is 0 Å². The molecule has 17 heteroatoms. The molecule has 0 saturated heterocycles. The van der Waals surface area contributed by atoms with Crippen LogP contribution in [-0.2, 0) is 30.4 Å². The quantitative estimate of drug-likeness (QED) is 0.115. The number of rotatable bonds is 5. The highest BCUT2D eigenvalue weighted by molar-refractivity contribution is 7.86. The first-order chi connectivity index (χ1) is 17.0. The van der Waals surface area contributed by atoms with E-state index in [9.17, 15) is 44.0 Å². The lowest BCUT2D eigenvalue weighted by Crippen LogP contribution is -2.04. The maximum Gasteiger partial charge on any atom is 0.296 e. The fourth-order valence-corrected chi connectivity index (χ4v) is 5.39. The molecule has 4 aromatic carbocycles. The van der Waals surface area contributed by atoms with Crippen LogP contribution in [0.25, 0.3) is 21.5 Å². The molecule has 0 aliphatic rings. The topological polar surface area (TPSA) is 260 Å². The Bertz CT molecular complexity index is 1990. The molecule has 194 valence electrons. The van der Waals surface area contributed by atoms with Crippen LogP contribution >= 0.6 is 0 Å². The number of fused-ring (bicyclic) bond motifs is 2. The summed E-state index contributed by atoms with van der Waals surface area (Å²) in [6, 6.07) is 8.67. The Morgan fingerprint density at radius 2 is 1.24 bits per heavy atom. The van der Waals surface area contributed by atoms with Crippen molar-refractivity contribution in [3.8, 4) is 5.75 Å². The average Bonchev–Trinajstić information content (AvgIpc) is 2.77. The van der Waals surface area contributed by atoms with Crippen LogP contribution in [0, 0.1) is 0 Å². The molecule has 0 aliphatic carbocycles. The van der Waals surface area contributed by atoms with Gasteiger partial charge in [0.1, 0.15) is 15.5 Å². The molecule has 0 fully saturated rings. The van der Waals surface area contributed by atoms with Crippen molar-refractivity contribution in [2.75, 3.05) is 11.5 Å². The fraction of sp³-hybridized carbons (Fsp3) is 0. The van der Waals surface area contributed by atoms with Gasteiger partial charge in [0.25, 0.3) is 30.4 Å².